The van der Waals surface area contributed by atoms with Gasteiger partial charge in [-0.2, -0.15) is 0 Å². The van der Waals surface area contributed by atoms with Crippen LogP contribution in [0.15, 0.2) is 24.3 Å². The molecule has 4 rings (SSSR count). The largest absolute Gasteiger partial charge is 0.342 e. The molecule has 2 N–H and O–H groups in total. The third-order valence-corrected chi connectivity index (χ3v) is 6.30. The van der Waals surface area contributed by atoms with E-state index in [9.17, 15) is 4.79 Å². The van der Waals surface area contributed by atoms with Crippen LogP contribution in [0, 0.1) is 5.92 Å². The summed E-state index contributed by atoms with van der Waals surface area (Å²) in [4.78, 5) is 20.2. The molecule has 1 aliphatic carbocycles. The Hall–Kier alpha value is -1.88. The number of hydrogen-bond acceptors (Lipinski definition) is 3. The number of carbonyl (C=O) groups is 1. The number of hydrogen-bond donors (Lipinski definition) is 1. The molecular weight excluding hydrogens is 336 g/mol. The summed E-state index contributed by atoms with van der Waals surface area (Å²) in [6.45, 7) is 6.10. The number of nitrogens with zero attached hydrogens (tertiary/aromatic N) is 3. The van der Waals surface area contributed by atoms with E-state index in [0.717, 1.165) is 63.0 Å². The minimum Gasteiger partial charge on any atom is -0.342 e. The van der Waals surface area contributed by atoms with Crippen molar-refractivity contribution >= 4 is 16.9 Å². The first-order valence-electron chi connectivity index (χ1n) is 10.6. The molecule has 5 heteroatoms. The summed E-state index contributed by atoms with van der Waals surface area (Å²) in [5.74, 6) is 1.90. The van der Waals surface area contributed by atoms with Gasteiger partial charge in [0.2, 0.25) is 5.91 Å². The van der Waals surface area contributed by atoms with Gasteiger partial charge in [0.15, 0.2) is 0 Å². The van der Waals surface area contributed by atoms with Crippen molar-refractivity contribution in [3.63, 3.8) is 0 Å². The highest BCUT2D eigenvalue weighted by atomic mass is 16.2. The molecule has 0 bridgehead atoms. The number of nitrogens with two attached hydrogens (primary N) is 1. The molecule has 146 valence electrons. The molecule has 2 aromatic rings. The fourth-order valence-electron chi connectivity index (χ4n) is 4.99. The Kier molecular flexibility index (Phi) is 5.22. The summed E-state index contributed by atoms with van der Waals surface area (Å²) in [7, 11) is 0. The van der Waals surface area contributed by atoms with E-state index in [1.165, 1.54) is 5.52 Å². The van der Waals surface area contributed by atoms with Crippen LogP contribution in [-0.2, 0) is 4.79 Å². The Morgan fingerprint density at radius 2 is 2.00 bits per heavy atom. The van der Waals surface area contributed by atoms with Crippen molar-refractivity contribution in [2.24, 2.45) is 11.7 Å². The summed E-state index contributed by atoms with van der Waals surface area (Å²) in [6, 6.07) is 8.92. The summed E-state index contributed by atoms with van der Waals surface area (Å²) in [5.41, 5.74) is 8.38. The van der Waals surface area contributed by atoms with Gasteiger partial charge in [0.25, 0.3) is 0 Å². The molecule has 1 aromatic heterocycles. The molecular formula is C22H32N4O. The van der Waals surface area contributed by atoms with E-state index in [1.54, 1.807) is 0 Å². The van der Waals surface area contributed by atoms with Crippen LogP contribution in [0.4, 0.5) is 0 Å². The molecule has 1 aromatic carbocycles. The number of para-hydroxylation sites is 2. The number of imidazole rings is 1. The topological polar surface area (TPSA) is 64.2 Å². The van der Waals surface area contributed by atoms with Gasteiger partial charge >= 0.3 is 0 Å². The highest BCUT2D eigenvalue weighted by Crippen LogP contribution is 2.33. The lowest BCUT2D eigenvalue weighted by Crippen LogP contribution is -2.45. The van der Waals surface area contributed by atoms with Crippen LogP contribution in [0.3, 0.4) is 0 Å². The SMILES string of the molecule is CC(C)n1c(C2CCCN(C(=O)C3CCCC(N)C3)C2)nc2ccccc21. The lowest BCUT2D eigenvalue weighted by molar-refractivity contribution is -0.138. The second kappa shape index (κ2) is 7.63. The molecule has 27 heavy (non-hydrogen) atoms. The second-order valence-corrected chi connectivity index (χ2v) is 8.67. The van der Waals surface area contributed by atoms with Crippen LogP contribution in [0.5, 0.6) is 0 Å². The van der Waals surface area contributed by atoms with Gasteiger partial charge in [-0.25, -0.2) is 4.98 Å². The lowest BCUT2D eigenvalue weighted by atomic mass is 9.84. The van der Waals surface area contributed by atoms with Crippen LogP contribution in [0.2, 0.25) is 0 Å². The maximum absolute atomic E-state index is 13.1. The molecule has 1 aliphatic heterocycles. The van der Waals surface area contributed by atoms with Crippen molar-refractivity contribution in [3.05, 3.63) is 30.1 Å². The maximum atomic E-state index is 13.1. The van der Waals surface area contributed by atoms with Crippen LogP contribution < -0.4 is 5.73 Å². The van der Waals surface area contributed by atoms with Gasteiger partial charge < -0.3 is 15.2 Å². The molecule has 2 fully saturated rings. The number of piperidine rings is 1. The van der Waals surface area contributed by atoms with Crippen molar-refractivity contribution < 1.29 is 4.79 Å². The summed E-state index contributed by atoms with van der Waals surface area (Å²) in [6.07, 6.45) is 6.14. The number of benzene rings is 1. The minimum absolute atomic E-state index is 0.122. The first kappa shape index (κ1) is 18.5. The first-order chi connectivity index (χ1) is 13.0. The number of amides is 1. The molecule has 5 nitrogen and oxygen atoms in total. The van der Waals surface area contributed by atoms with E-state index in [2.05, 4.69) is 41.5 Å². The number of rotatable bonds is 3. The van der Waals surface area contributed by atoms with Crippen molar-refractivity contribution in [2.75, 3.05) is 13.1 Å². The zero-order valence-corrected chi connectivity index (χ0v) is 16.6. The van der Waals surface area contributed by atoms with Gasteiger partial charge in [-0.1, -0.05) is 18.6 Å². The molecule has 1 amide bonds. The summed E-state index contributed by atoms with van der Waals surface area (Å²) in [5, 5.41) is 0. The Bertz CT molecular complexity index is 812. The average molecular weight is 369 g/mol. The maximum Gasteiger partial charge on any atom is 0.225 e. The smallest absolute Gasteiger partial charge is 0.225 e. The normalized spacial score (nSPS) is 26.7. The molecule has 1 saturated carbocycles. The zero-order valence-electron chi connectivity index (χ0n) is 16.6. The molecule has 0 radical (unpaired) electrons. The third-order valence-electron chi connectivity index (χ3n) is 6.30. The van der Waals surface area contributed by atoms with E-state index in [1.807, 2.05) is 6.07 Å². The number of aromatic nitrogens is 2. The van der Waals surface area contributed by atoms with Crippen LogP contribution >= 0.6 is 0 Å². The molecule has 2 heterocycles. The Morgan fingerprint density at radius 1 is 1.19 bits per heavy atom. The molecule has 0 spiro atoms. The van der Waals surface area contributed by atoms with Gasteiger partial charge in [-0.05, 0) is 58.1 Å². The minimum atomic E-state index is 0.122. The molecule has 3 unspecified atom stereocenters. The standard InChI is InChI=1S/C22H32N4O/c1-15(2)26-20-11-4-3-10-19(20)24-21(26)17-8-6-12-25(14-17)22(27)16-7-5-9-18(23)13-16/h3-4,10-11,15-18H,5-9,12-14,23H2,1-2H3. The van der Waals surface area contributed by atoms with E-state index >= 15 is 0 Å². The molecule has 2 aliphatic rings. The van der Waals surface area contributed by atoms with Gasteiger partial charge in [-0.15, -0.1) is 0 Å². The monoisotopic (exact) mass is 368 g/mol. The third kappa shape index (κ3) is 3.62. The quantitative estimate of drug-likeness (QED) is 0.895. The van der Waals surface area contributed by atoms with Gasteiger partial charge in [-0.3, -0.25) is 4.79 Å². The van der Waals surface area contributed by atoms with Crippen LogP contribution in [0.1, 0.15) is 70.2 Å². The number of likely N-dealkylation sites (tertiary alicyclic amines) is 1. The number of carbonyl (C=O) groups excluding carboxylic acids is 1. The van der Waals surface area contributed by atoms with Crippen molar-refractivity contribution in [1.82, 2.24) is 14.5 Å². The van der Waals surface area contributed by atoms with E-state index in [4.69, 9.17) is 10.7 Å². The summed E-state index contributed by atoms with van der Waals surface area (Å²) >= 11 is 0. The van der Waals surface area contributed by atoms with Gasteiger partial charge in [0.05, 0.1) is 11.0 Å². The van der Waals surface area contributed by atoms with Crippen molar-refractivity contribution in [3.8, 4) is 0 Å². The first-order valence-corrected chi connectivity index (χ1v) is 10.6. The fraction of sp³-hybridized carbons (Fsp3) is 0.636. The van der Waals surface area contributed by atoms with E-state index < -0.39 is 0 Å². The zero-order chi connectivity index (χ0) is 19.0. The average Bonchev–Trinajstić information content (AvgIpc) is 3.07. The Balaban J connectivity index is 1.57. The highest BCUT2D eigenvalue weighted by Gasteiger charge is 2.33. The molecule has 3 atom stereocenters. The Morgan fingerprint density at radius 3 is 2.78 bits per heavy atom. The van der Waals surface area contributed by atoms with Crippen LogP contribution in [0.25, 0.3) is 11.0 Å². The predicted molar refractivity (Wildman–Crippen MR) is 109 cm³/mol. The Labute approximate surface area is 161 Å². The van der Waals surface area contributed by atoms with E-state index in [0.29, 0.717) is 17.9 Å². The van der Waals surface area contributed by atoms with Gasteiger partial charge in [0.1, 0.15) is 5.82 Å². The van der Waals surface area contributed by atoms with E-state index in [-0.39, 0.29) is 12.0 Å². The highest BCUT2D eigenvalue weighted by molar-refractivity contribution is 5.79. The predicted octanol–water partition coefficient (Wildman–Crippen LogP) is 3.84. The van der Waals surface area contributed by atoms with Crippen molar-refractivity contribution in [2.45, 2.75) is 70.4 Å². The fourth-order valence-corrected chi connectivity index (χ4v) is 4.99. The number of fused-ring (bicyclic) bond motifs is 1. The van der Waals surface area contributed by atoms with Crippen molar-refractivity contribution in [1.29, 1.82) is 0 Å². The lowest BCUT2D eigenvalue weighted by Gasteiger charge is -2.37. The van der Waals surface area contributed by atoms with Gasteiger partial charge in [0, 0.05) is 37.0 Å². The summed E-state index contributed by atoms with van der Waals surface area (Å²) < 4.78 is 2.37. The molecule has 1 saturated heterocycles. The van der Waals surface area contributed by atoms with Crippen LogP contribution in [-0.4, -0.2) is 39.5 Å². The second-order valence-electron chi connectivity index (χ2n) is 8.67.